The van der Waals surface area contributed by atoms with E-state index in [9.17, 15) is 14.7 Å². The average molecular weight is 302 g/mol. The SMILES string of the molecule is CC(C)CC(CNC(=O)c1cn(C)c2ccccc12)C(=O)O. The van der Waals surface area contributed by atoms with Gasteiger partial charge < -0.3 is 15.0 Å². The maximum Gasteiger partial charge on any atom is 0.308 e. The van der Waals surface area contributed by atoms with Crippen LogP contribution in [0.5, 0.6) is 0 Å². The number of aryl methyl sites for hydroxylation is 1. The zero-order chi connectivity index (χ0) is 16.3. The number of carboxylic acid groups (broad SMARTS) is 1. The zero-order valence-electron chi connectivity index (χ0n) is 13.2. The Morgan fingerprint density at radius 2 is 1.95 bits per heavy atom. The Labute approximate surface area is 129 Å². The highest BCUT2D eigenvalue weighted by Crippen LogP contribution is 2.20. The highest BCUT2D eigenvalue weighted by atomic mass is 16.4. The molecule has 0 saturated carbocycles. The Hall–Kier alpha value is -2.30. The third kappa shape index (κ3) is 3.47. The molecule has 1 heterocycles. The Morgan fingerprint density at radius 3 is 2.59 bits per heavy atom. The predicted octanol–water partition coefficient (Wildman–Crippen LogP) is 2.66. The van der Waals surface area contributed by atoms with Crippen LogP contribution < -0.4 is 5.32 Å². The first-order valence-electron chi connectivity index (χ1n) is 7.45. The zero-order valence-corrected chi connectivity index (χ0v) is 13.2. The number of carbonyl (C=O) groups is 2. The molecule has 2 rings (SSSR count). The fourth-order valence-electron chi connectivity index (χ4n) is 2.67. The number of carboxylic acids is 1. The molecule has 5 heteroatoms. The smallest absolute Gasteiger partial charge is 0.308 e. The van der Waals surface area contributed by atoms with Gasteiger partial charge >= 0.3 is 5.97 Å². The summed E-state index contributed by atoms with van der Waals surface area (Å²) < 4.78 is 1.90. The number of aliphatic carboxylic acids is 1. The van der Waals surface area contributed by atoms with Crippen molar-refractivity contribution < 1.29 is 14.7 Å². The monoisotopic (exact) mass is 302 g/mol. The molecular weight excluding hydrogens is 280 g/mol. The van der Waals surface area contributed by atoms with Gasteiger partial charge in [0.1, 0.15) is 0 Å². The minimum absolute atomic E-state index is 0.148. The van der Waals surface area contributed by atoms with Crippen molar-refractivity contribution in [1.29, 1.82) is 0 Å². The molecule has 0 fully saturated rings. The second kappa shape index (κ2) is 6.64. The molecule has 0 aliphatic heterocycles. The van der Waals surface area contributed by atoms with E-state index in [2.05, 4.69) is 5.32 Å². The molecule has 22 heavy (non-hydrogen) atoms. The first-order valence-corrected chi connectivity index (χ1v) is 7.45. The van der Waals surface area contributed by atoms with E-state index in [0.29, 0.717) is 12.0 Å². The summed E-state index contributed by atoms with van der Waals surface area (Å²) in [6.07, 6.45) is 2.32. The van der Waals surface area contributed by atoms with Gasteiger partial charge in [0.05, 0.1) is 11.5 Å². The summed E-state index contributed by atoms with van der Waals surface area (Å²) in [5.74, 6) is -1.38. The molecule has 0 radical (unpaired) electrons. The molecule has 2 N–H and O–H groups in total. The highest BCUT2D eigenvalue weighted by molar-refractivity contribution is 6.07. The van der Waals surface area contributed by atoms with E-state index < -0.39 is 11.9 Å². The molecule has 5 nitrogen and oxygen atoms in total. The Kier molecular flexibility index (Phi) is 4.85. The summed E-state index contributed by atoms with van der Waals surface area (Å²) in [6.45, 7) is 4.10. The lowest BCUT2D eigenvalue weighted by Crippen LogP contribution is -2.33. The second-order valence-electron chi connectivity index (χ2n) is 6.05. The number of benzene rings is 1. The van der Waals surface area contributed by atoms with Gasteiger partial charge in [-0.2, -0.15) is 0 Å². The Morgan fingerprint density at radius 1 is 1.27 bits per heavy atom. The van der Waals surface area contributed by atoms with Crippen molar-refractivity contribution in [3.8, 4) is 0 Å². The number of para-hydroxylation sites is 1. The number of rotatable bonds is 6. The summed E-state index contributed by atoms with van der Waals surface area (Å²) in [5.41, 5.74) is 1.55. The number of hydrogen-bond acceptors (Lipinski definition) is 2. The minimum Gasteiger partial charge on any atom is -0.481 e. The van der Waals surface area contributed by atoms with Crippen molar-refractivity contribution in [2.24, 2.45) is 18.9 Å². The van der Waals surface area contributed by atoms with Gasteiger partial charge in [0.25, 0.3) is 5.91 Å². The van der Waals surface area contributed by atoms with E-state index >= 15 is 0 Å². The number of nitrogens with zero attached hydrogens (tertiary/aromatic N) is 1. The lowest BCUT2D eigenvalue weighted by Gasteiger charge is -2.15. The predicted molar refractivity (Wildman–Crippen MR) is 85.8 cm³/mol. The van der Waals surface area contributed by atoms with Crippen molar-refractivity contribution in [2.75, 3.05) is 6.54 Å². The average Bonchev–Trinajstić information content (AvgIpc) is 2.80. The second-order valence-corrected chi connectivity index (χ2v) is 6.05. The third-order valence-corrected chi connectivity index (χ3v) is 3.76. The van der Waals surface area contributed by atoms with Gasteiger partial charge in [-0.3, -0.25) is 9.59 Å². The van der Waals surface area contributed by atoms with E-state index in [0.717, 1.165) is 10.9 Å². The van der Waals surface area contributed by atoms with Gasteiger partial charge in [-0.15, -0.1) is 0 Å². The third-order valence-electron chi connectivity index (χ3n) is 3.76. The number of aromatic nitrogens is 1. The van der Waals surface area contributed by atoms with Crippen LogP contribution in [0.25, 0.3) is 10.9 Å². The van der Waals surface area contributed by atoms with Crippen LogP contribution >= 0.6 is 0 Å². The van der Waals surface area contributed by atoms with Crippen molar-refractivity contribution in [1.82, 2.24) is 9.88 Å². The fraction of sp³-hybridized carbons (Fsp3) is 0.412. The van der Waals surface area contributed by atoms with Crippen LogP contribution in [0.4, 0.5) is 0 Å². The van der Waals surface area contributed by atoms with E-state index in [-0.39, 0.29) is 18.4 Å². The van der Waals surface area contributed by atoms with Gasteiger partial charge in [0.15, 0.2) is 0 Å². The summed E-state index contributed by atoms with van der Waals surface area (Å²) in [4.78, 5) is 23.6. The van der Waals surface area contributed by atoms with Gasteiger partial charge in [-0.25, -0.2) is 0 Å². The molecule has 0 saturated heterocycles. The lowest BCUT2D eigenvalue weighted by atomic mass is 9.97. The van der Waals surface area contributed by atoms with Gasteiger partial charge in [-0.1, -0.05) is 32.0 Å². The summed E-state index contributed by atoms with van der Waals surface area (Å²) in [5, 5.41) is 12.9. The molecular formula is C17H22N2O3. The molecule has 0 spiro atoms. The molecule has 0 aliphatic carbocycles. The molecule has 1 amide bonds. The highest BCUT2D eigenvalue weighted by Gasteiger charge is 2.21. The lowest BCUT2D eigenvalue weighted by molar-refractivity contribution is -0.142. The van der Waals surface area contributed by atoms with Crippen LogP contribution in [0, 0.1) is 11.8 Å². The minimum atomic E-state index is -0.869. The maximum absolute atomic E-state index is 12.4. The molecule has 1 atom stereocenters. The molecule has 118 valence electrons. The van der Waals surface area contributed by atoms with E-state index in [1.54, 1.807) is 6.20 Å². The van der Waals surface area contributed by atoms with Crippen molar-refractivity contribution in [3.05, 3.63) is 36.0 Å². The summed E-state index contributed by atoms with van der Waals surface area (Å²) in [7, 11) is 1.89. The fourth-order valence-corrected chi connectivity index (χ4v) is 2.67. The van der Waals surface area contributed by atoms with Crippen molar-refractivity contribution in [2.45, 2.75) is 20.3 Å². The first kappa shape index (κ1) is 16.1. The Bertz CT molecular complexity index is 688. The van der Waals surface area contributed by atoms with E-state index in [1.807, 2.05) is 49.7 Å². The van der Waals surface area contributed by atoms with Crippen LogP contribution in [-0.4, -0.2) is 28.1 Å². The quantitative estimate of drug-likeness (QED) is 0.861. The standard InChI is InChI=1S/C17H22N2O3/c1-11(2)8-12(17(21)22)9-18-16(20)14-10-19(3)15-7-5-4-6-13(14)15/h4-7,10-12H,8-9H2,1-3H3,(H,18,20)(H,21,22). The number of fused-ring (bicyclic) bond motifs is 1. The van der Waals surface area contributed by atoms with Crippen molar-refractivity contribution >= 4 is 22.8 Å². The summed E-state index contributed by atoms with van der Waals surface area (Å²) in [6, 6.07) is 7.66. The first-order chi connectivity index (χ1) is 10.4. The molecule has 1 aromatic carbocycles. The van der Waals surface area contributed by atoms with Crippen LogP contribution in [0.2, 0.25) is 0 Å². The van der Waals surface area contributed by atoms with Crippen LogP contribution in [0.15, 0.2) is 30.5 Å². The van der Waals surface area contributed by atoms with Crippen LogP contribution in [0.1, 0.15) is 30.6 Å². The molecule has 0 aliphatic rings. The topological polar surface area (TPSA) is 71.3 Å². The largest absolute Gasteiger partial charge is 0.481 e. The van der Waals surface area contributed by atoms with E-state index in [4.69, 9.17) is 0 Å². The van der Waals surface area contributed by atoms with E-state index in [1.165, 1.54) is 0 Å². The number of carbonyl (C=O) groups excluding carboxylic acids is 1. The molecule has 1 unspecified atom stereocenters. The van der Waals surface area contributed by atoms with Crippen LogP contribution in [-0.2, 0) is 11.8 Å². The van der Waals surface area contributed by atoms with Gasteiger partial charge in [-0.05, 0) is 18.4 Å². The molecule has 1 aromatic heterocycles. The Balaban J connectivity index is 2.12. The number of hydrogen-bond donors (Lipinski definition) is 2. The van der Waals surface area contributed by atoms with Gasteiger partial charge in [0.2, 0.25) is 0 Å². The molecule has 2 aromatic rings. The number of nitrogens with one attached hydrogen (secondary N) is 1. The summed E-state index contributed by atoms with van der Waals surface area (Å²) >= 11 is 0. The normalized spacial score (nSPS) is 12.5. The molecule has 0 bridgehead atoms. The van der Waals surface area contributed by atoms with Gasteiger partial charge in [0, 0.05) is 30.7 Å². The van der Waals surface area contributed by atoms with Crippen LogP contribution in [0.3, 0.4) is 0 Å². The van der Waals surface area contributed by atoms with Crippen molar-refractivity contribution in [3.63, 3.8) is 0 Å². The maximum atomic E-state index is 12.4. The number of amides is 1.